The van der Waals surface area contributed by atoms with E-state index in [1.54, 1.807) is 31.4 Å². The molecule has 32 heavy (non-hydrogen) atoms. The van der Waals surface area contributed by atoms with Crippen molar-refractivity contribution in [3.05, 3.63) is 82.7 Å². The summed E-state index contributed by atoms with van der Waals surface area (Å²) in [4.78, 5) is 0. The van der Waals surface area contributed by atoms with Gasteiger partial charge in [0, 0.05) is 24.7 Å². The zero-order valence-electron chi connectivity index (χ0n) is 18.3. The maximum Gasteiger partial charge on any atom is 0.166 e. The van der Waals surface area contributed by atoms with Crippen molar-refractivity contribution >= 4 is 10.8 Å². The van der Waals surface area contributed by atoms with E-state index in [1.165, 1.54) is 37.8 Å². The molecule has 1 fully saturated rings. The van der Waals surface area contributed by atoms with E-state index in [2.05, 4.69) is 11.8 Å². The average Bonchev–Trinajstić information content (AvgIpc) is 2.80. The topological polar surface area (TPSA) is 9.23 Å². The van der Waals surface area contributed by atoms with Crippen LogP contribution in [0.15, 0.2) is 48.5 Å². The van der Waals surface area contributed by atoms with E-state index >= 15 is 0 Å². The Morgan fingerprint density at radius 1 is 0.844 bits per heavy atom. The first-order valence-electron chi connectivity index (χ1n) is 11.2. The van der Waals surface area contributed by atoms with Crippen LogP contribution in [0.3, 0.4) is 0 Å². The molecule has 1 aliphatic carbocycles. The number of halogens is 3. The molecule has 1 nitrogen and oxygen atoms in total. The summed E-state index contributed by atoms with van der Waals surface area (Å²) in [6.07, 6.45) is 6.84. The summed E-state index contributed by atoms with van der Waals surface area (Å²) in [7, 11) is 1.76. The van der Waals surface area contributed by atoms with Gasteiger partial charge in [-0.05, 0) is 78.8 Å². The number of aryl methyl sites for hydroxylation is 1. The fourth-order valence-electron chi connectivity index (χ4n) is 4.59. The summed E-state index contributed by atoms with van der Waals surface area (Å²) in [5, 5.41) is 0.765. The molecule has 0 N–H and O–H groups in total. The van der Waals surface area contributed by atoms with Crippen LogP contribution in [0.25, 0.3) is 10.8 Å². The third-order valence-corrected chi connectivity index (χ3v) is 6.49. The normalized spacial score (nSPS) is 18.4. The zero-order chi connectivity index (χ0) is 22.5. The number of benzene rings is 3. The zero-order valence-corrected chi connectivity index (χ0v) is 18.3. The predicted molar refractivity (Wildman–Crippen MR) is 122 cm³/mol. The molecule has 0 spiro atoms. The molecule has 0 amide bonds. The molecule has 1 saturated carbocycles. The van der Waals surface area contributed by atoms with Crippen molar-refractivity contribution in [3.63, 3.8) is 0 Å². The van der Waals surface area contributed by atoms with Crippen molar-refractivity contribution in [3.8, 4) is 11.8 Å². The van der Waals surface area contributed by atoms with Crippen LogP contribution in [-0.2, 0) is 11.2 Å². The Bertz CT molecular complexity index is 1150. The molecule has 1 aliphatic rings. The number of ether oxygens (including phenoxy) is 1. The highest BCUT2D eigenvalue weighted by atomic mass is 19.2. The lowest BCUT2D eigenvalue weighted by Gasteiger charge is -2.28. The van der Waals surface area contributed by atoms with Crippen molar-refractivity contribution in [2.75, 3.05) is 13.7 Å². The van der Waals surface area contributed by atoms with Gasteiger partial charge >= 0.3 is 0 Å². The fraction of sp³-hybridized carbons (Fsp3) is 0.357. The highest BCUT2D eigenvalue weighted by molar-refractivity contribution is 5.84. The standard InChI is InChI=1S/C28H27F3O/c1-32-18-22-6-3-19(4-7-22)2-5-21-9-12-23(27(30)17-21)11-8-20-10-14-25-24(16-20)13-15-26(29)28(25)31/h9-10,12-17,19,22H,2-7,18H2,1H3. The third kappa shape index (κ3) is 5.34. The first kappa shape index (κ1) is 22.4. The number of methoxy groups -OCH3 is 1. The van der Waals surface area contributed by atoms with Gasteiger partial charge in [-0.3, -0.25) is 0 Å². The Hall–Kier alpha value is -2.77. The highest BCUT2D eigenvalue weighted by Crippen LogP contribution is 2.32. The summed E-state index contributed by atoms with van der Waals surface area (Å²) in [6.45, 7) is 0.856. The molecule has 166 valence electrons. The van der Waals surface area contributed by atoms with Gasteiger partial charge in [0.1, 0.15) is 5.82 Å². The molecule has 0 radical (unpaired) electrons. The summed E-state index contributed by atoms with van der Waals surface area (Å²) >= 11 is 0. The van der Waals surface area contributed by atoms with Crippen LogP contribution in [0.5, 0.6) is 0 Å². The fourth-order valence-corrected chi connectivity index (χ4v) is 4.59. The van der Waals surface area contributed by atoms with Crippen molar-refractivity contribution in [2.45, 2.75) is 38.5 Å². The number of fused-ring (bicyclic) bond motifs is 1. The molecule has 0 aromatic heterocycles. The maximum atomic E-state index is 14.6. The molecule has 0 saturated heterocycles. The van der Waals surface area contributed by atoms with Gasteiger partial charge in [0.2, 0.25) is 0 Å². The molecule has 3 aromatic rings. The van der Waals surface area contributed by atoms with Crippen molar-refractivity contribution < 1.29 is 17.9 Å². The van der Waals surface area contributed by atoms with E-state index in [0.29, 0.717) is 28.3 Å². The van der Waals surface area contributed by atoms with Crippen LogP contribution in [0.4, 0.5) is 13.2 Å². The lowest BCUT2D eigenvalue weighted by atomic mass is 9.80. The lowest BCUT2D eigenvalue weighted by Crippen LogP contribution is -2.18. The second kappa shape index (κ2) is 10.2. The molecule has 4 heteroatoms. The van der Waals surface area contributed by atoms with Crippen LogP contribution in [0.1, 0.15) is 48.8 Å². The van der Waals surface area contributed by atoms with Gasteiger partial charge in [-0.15, -0.1) is 0 Å². The molecular formula is C28H27F3O. The molecule has 0 unspecified atom stereocenters. The van der Waals surface area contributed by atoms with Gasteiger partial charge in [-0.25, -0.2) is 13.2 Å². The second-order valence-corrected chi connectivity index (χ2v) is 8.74. The Labute approximate surface area is 187 Å². The molecular weight excluding hydrogens is 409 g/mol. The van der Waals surface area contributed by atoms with Gasteiger partial charge in [0.15, 0.2) is 11.6 Å². The van der Waals surface area contributed by atoms with E-state index < -0.39 is 11.6 Å². The number of rotatable bonds is 5. The van der Waals surface area contributed by atoms with Gasteiger partial charge in [0.05, 0.1) is 5.56 Å². The Morgan fingerprint density at radius 3 is 2.38 bits per heavy atom. The van der Waals surface area contributed by atoms with Gasteiger partial charge < -0.3 is 4.74 Å². The first-order chi connectivity index (χ1) is 15.5. The van der Waals surface area contributed by atoms with E-state index in [9.17, 15) is 13.2 Å². The number of hydrogen-bond donors (Lipinski definition) is 0. The van der Waals surface area contributed by atoms with Crippen LogP contribution in [0, 0.1) is 41.1 Å². The van der Waals surface area contributed by atoms with Crippen LogP contribution in [-0.4, -0.2) is 13.7 Å². The Kier molecular flexibility index (Phi) is 7.17. The van der Waals surface area contributed by atoms with Crippen molar-refractivity contribution in [1.82, 2.24) is 0 Å². The monoisotopic (exact) mass is 436 g/mol. The SMILES string of the molecule is COCC1CCC(CCc2ccc(C#Cc3ccc4c(F)c(F)ccc4c3)c(F)c2)CC1. The maximum absolute atomic E-state index is 14.6. The summed E-state index contributed by atoms with van der Waals surface area (Å²) in [5.74, 6) is 5.12. The molecule has 0 bridgehead atoms. The van der Waals surface area contributed by atoms with E-state index in [-0.39, 0.29) is 11.2 Å². The first-order valence-corrected chi connectivity index (χ1v) is 11.2. The Morgan fingerprint density at radius 2 is 1.62 bits per heavy atom. The highest BCUT2D eigenvalue weighted by Gasteiger charge is 2.20. The minimum Gasteiger partial charge on any atom is -0.384 e. The average molecular weight is 437 g/mol. The van der Waals surface area contributed by atoms with E-state index in [4.69, 9.17) is 4.74 Å². The van der Waals surface area contributed by atoms with Gasteiger partial charge in [0.25, 0.3) is 0 Å². The second-order valence-electron chi connectivity index (χ2n) is 8.74. The summed E-state index contributed by atoms with van der Waals surface area (Å²) in [5.41, 5.74) is 1.95. The van der Waals surface area contributed by atoms with Crippen LogP contribution >= 0.6 is 0 Å². The van der Waals surface area contributed by atoms with Gasteiger partial charge in [-0.2, -0.15) is 0 Å². The Balaban J connectivity index is 1.39. The summed E-state index contributed by atoms with van der Waals surface area (Å²) < 4.78 is 47.0. The van der Waals surface area contributed by atoms with Gasteiger partial charge in [-0.1, -0.05) is 42.9 Å². The molecule has 4 rings (SSSR count). The van der Waals surface area contributed by atoms with Crippen molar-refractivity contribution in [2.24, 2.45) is 11.8 Å². The van der Waals surface area contributed by atoms with Crippen molar-refractivity contribution in [1.29, 1.82) is 0 Å². The molecule has 0 atom stereocenters. The molecule has 3 aromatic carbocycles. The lowest BCUT2D eigenvalue weighted by molar-refractivity contribution is 0.117. The summed E-state index contributed by atoms with van der Waals surface area (Å²) in [6, 6.07) is 12.7. The minimum absolute atomic E-state index is 0.207. The van der Waals surface area contributed by atoms with E-state index in [1.807, 2.05) is 6.07 Å². The van der Waals surface area contributed by atoms with E-state index in [0.717, 1.165) is 31.1 Å². The largest absolute Gasteiger partial charge is 0.384 e. The minimum atomic E-state index is -0.878. The number of hydrogen-bond acceptors (Lipinski definition) is 1. The predicted octanol–water partition coefficient (Wildman–Crippen LogP) is 7.04. The molecule has 0 heterocycles. The quantitative estimate of drug-likeness (QED) is 0.390. The van der Waals surface area contributed by atoms with Crippen LogP contribution < -0.4 is 0 Å². The van der Waals surface area contributed by atoms with Crippen LogP contribution in [0.2, 0.25) is 0 Å². The molecule has 0 aliphatic heterocycles. The third-order valence-electron chi connectivity index (χ3n) is 6.49. The smallest absolute Gasteiger partial charge is 0.166 e.